The number of nitriles is 1. The fraction of sp³-hybridized carbons (Fsp3) is 0.333. The minimum atomic E-state index is -0.944. The average Bonchev–Trinajstić information content (AvgIpc) is 2.96. The highest BCUT2D eigenvalue weighted by Gasteiger charge is 2.40. The smallest absolute Gasteiger partial charge is 0.142 e. The van der Waals surface area contributed by atoms with Gasteiger partial charge in [-0.15, -0.1) is 11.3 Å². The molecule has 1 aromatic rings. The predicted octanol–water partition coefficient (Wildman–Crippen LogP) is 1.60. The van der Waals surface area contributed by atoms with Gasteiger partial charge in [0.25, 0.3) is 0 Å². The van der Waals surface area contributed by atoms with E-state index in [-0.39, 0.29) is 17.4 Å². The van der Waals surface area contributed by atoms with E-state index in [2.05, 4.69) is 6.07 Å². The van der Waals surface area contributed by atoms with Crippen LogP contribution in [-0.4, -0.2) is 28.5 Å². The first-order valence-corrected chi connectivity index (χ1v) is 7.55. The lowest BCUT2D eigenvalue weighted by atomic mass is 9.83. The van der Waals surface area contributed by atoms with Gasteiger partial charge in [0.1, 0.15) is 29.2 Å². The topological polar surface area (TPSA) is 111 Å². The lowest BCUT2D eigenvalue weighted by molar-refractivity contribution is -0.132. The van der Waals surface area contributed by atoms with E-state index in [0.29, 0.717) is 5.57 Å². The quantitative estimate of drug-likeness (QED) is 0.647. The summed E-state index contributed by atoms with van der Waals surface area (Å²) in [6.45, 7) is 2.66. The first-order valence-electron chi connectivity index (χ1n) is 6.67. The molecule has 0 radical (unpaired) electrons. The third-order valence-corrected chi connectivity index (χ3v) is 4.61. The van der Waals surface area contributed by atoms with Crippen molar-refractivity contribution < 1.29 is 9.59 Å². The summed E-state index contributed by atoms with van der Waals surface area (Å²) in [6.07, 6.45) is 1.67. The fourth-order valence-electron chi connectivity index (χ4n) is 2.64. The fourth-order valence-corrected chi connectivity index (χ4v) is 3.42. The Bertz CT molecular complexity index is 673. The molecule has 2 atom stereocenters. The van der Waals surface area contributed by atoms with Gasteiger partial charge >= 0.3 is 0 Å². The molecule has 0 saturated heterocycles. The second-order valence-electron chi connectivity index (χ2n) is 5.14. The Morgan fingerprint density at radius 2 is 2.09 bits per heavy atom. The number of thiophene rings is 1. The number of ketones is 2. The molecule has 22 heavy (non-hydrogen) atoms. The number of nitrogens with one attached hydrogen (secondary N) is 1. The van der Waals surface area contributed by atoms with Gasteiger partial charge in [-0.25, -0.2) is 5.84 Å². The summed E-state index contributed by atoms with van der Waals surface area (Å²) in [5, 5.41) is 20.4. The summed E-state index contributed by atoms with van der Waals surface area (Å²) in [5.41, 5.74) is 0.627. The van der Waals surface area contributed by atoms with Crippen molar-refractivity contribution in [2.24, 2.45) is 17.7 Å². The summed E-state index contributed by atoms with van der Waals surface area (Å²) >= 11 is 1.44. The molecule has 2 heterocycles. The van der Waals surface area contributed by atoms with E-state index in [1.807, 2.05) is 17.5 Å². The number of carbonyl (C=O) groups is 2. The maximum atomic E-state index is 11.8. The average molecular weight is 316 g/mol. The van der Waals surface area contributed by atoms with Gasteiger partial charge in [0, 0.05) is 4.88 Å². The second-order valence-corrected chi connectivity index (χ2v) is 6.09. The van der Waals surface area contributed by atoms with Crippen molar-refractivity contribution in [1.29, 1.82) is 10.7 Å². The van der Waals surface area contributed by atoms with Gasteiger partial charge in [-0.2, -0.15) is 5.26 Å². The van der Waals surface area contributed by atoms with Gasteiger partial charge in [0.15, 0.2) is 0 Å². The summed E-state index contributed by atoms with van der Waals surface area (Å²) in [6, 6.07) is 5.00. The molecular weight excluding hydrogens is 300 g/mol. The van der Waals surface area contributed by atoms with Crippen LogP contribution >= 0.6 is 11.3 Å². The number of Topliss-reactive ketones (excluding diaryl/α,β-unsaturated/α-hetero) is 2. The number of carbonyl (C=O) groups excluding carboxylic acids is 2. The predicted molar refractivity (Wildman–Crippen MR) is 83.8 cm³/mol. The van der Waals surface area contributed by atoms with Crippen molar-refractivity contribution >= 4 is 34.3 Å². The molecule has 6 nitrogen and oxygen atoms in total. The molecule has 0 aliphatic carbocycles. The van der Waals surface area contributed by atoms with Crippen LogP contribution in [-0.2, 0) is 9.59 Å². The van der Waals surface area contributed by atoms with Crippen molar-refractivity contribution in [2.75, 3.05) is 0 Å². The Morgan fingerprint density at radius 3 is 2.55 bits per heavy atom. The van der Waals surface area contributed by atoms with Crippen molar-refractivity contribution in [2.45, 2.75) is 19.9 Å². The van der Waals surface area contributed by atoms with Crippen LogP contribution in [0.2, 0.25) is 0 Å². The van der Waals surface area contributed by atoms with Crippen LogP contribution in [0.4, 0.5) is 0 Å². The molecule has 0 bridgehead atoms. The molecule has 0 saturated carbocycles. The number of nitrogens with zero attached hydrogens (tertiary/aromatic N) is 2. The highest BCUT2D eigenvalue weighted by molar-refractivity contribution is 7.11. The molecule has 1 aliphatic rings. The number of hydrogen-bond acceptors (Lipinski definition) is 6. The van der Waals surface area contributed by atoms with Crippen molar-refractivity contribution in [3.8, 4) is 6.07 Å². The number of amidine groups is 1. The molecule has 114 valence electrons. The van der Waals surface area contributed by atoms with E-state index in [0.717, 1.165) is 9.89 Å². The molecule has 3 N–H and O–H groups in total. The molecule has 0 spiro atoms. The van der Waals surface area contributed by atoms with Crippen molar-refractivity contribution in [3.05, 3.63) is 28.5 Å². The van der Waals surface area contributed by atoms with Crippen LogP contribution < -0.4 is 5.84 Å². The third-order valence-electron chi connectivity index (χ3n) is 3.69. The van der Waals surface area contributed by atoms with Gasteiger partial charge in [-0.1, -0.05) is 12.1 Å². The summed E-state index contributed by atoms with van der Waals surface area (Å²) < 4.78 is 0. The molecule has 1 aliphatic heterocycles. The van der Waals surface area contributed by atoms with Crippen molar-refractivity contribution in [3.63, 3.8) is 0 Å². The largest absolute Gasteiger partial charge is 0.299 e. The molecule has 7 heteroatoms. The van der Waals surface area contributed by atoms with E-state index in [1.54, 1.807) is 6.08 Å². The van der Waals surface area contributed by atoms with Crippen LogP contribution in [0.25, 0.3) is 5.57 Å². The Labute approximate surface area is 132 Å². The van der Waals surface area contributed by atoms with E-state index in [4.69, 9.17) is 11.3 Å². The van der Waals surface area contributed by atoms with Crippen molar-refractivity contribution in [1.82, 2.24) is 5.01 Å². The number of hydrazine groups is 1. The monoisotopic (exact) mass is 316 g/mol. The minimum Gasteiger partial charge on any atom is -0.299 e. The maximum absolute atomic E-state index is 11.8. The molecule has 0 fully saturated rings. The highest BCUT2D eigenvalue weighted by atomic mass is 32.1. The number of hydrogen-bond donors (Lipinski definition) is 2. The molecule has 0 aromatic carbocycles. The normalized spacial score (nSPS) is 21.5. The van der Waals surface area contributed by atoms with Gasteiger partial charge in [-0.3, -0.25) is 20.0 Å². The lowest BCUT2D eigenvalue weighted by Gasteiger charge is -2.37. The molecule has 2 unspecified atom stereocenters. The Kier molecular flexibility index (Phi) is 4.54. The van der Waals surface area contributed by atoms with Crippen LogP contribution in [0, 0.1) is 28.6 Å². The van der Waals surface area contributed by atoms with Gasteiger partial charge < -0.3 is 0 Å². The second kappa shape index (κ2) is 6.22. The molecule has 1 aromatic heterocycles. The maximum Gasteiger partial charge on any atom is 0.142 e. The van der Waals surface area contributed by atoms with Crippen LogP contribution in [0.15, 0.2) is 23.6 Å². The third kappa shape index (κ3) is 2.71. The van der Waals surface area contributed by atoms with Crippen LogP contribution in [0.5, 0.6) is 0 Å². The Morgan fingerprint density at radius 1 is 1.45 bits per heavy atom. The first-order chi connectivity index (χ1) is 10.4. The Balaban J connectivity index is 2.57. The zero-order chi connectivity index (χ0) is 16.4. The summed E-state index contributed by atoms with van der Waals surface area (Å²) in [5.74, 6) is 3.42. The first kappa shape index (κ1) is 16.1. The number of rotatable bonds is 4. The van der Waals surface area contributed by atoms with E-state index >= 15 is 0 Å². The SMILES string of the molecule is CC(=O)C(C(C)=O)C1C=C(c2cccs2)C(C#N)C(=N)N1N. The van der Waals surface area contributed by atoms with Gasteiger partial charge in [0.2, 0.25) is 0 Å². The highest BCUT2D eigenvalue weighted by Crippen LogP contribution is 2.34. The minimum absolute atomic E-state index is 0.106. The van der Waals surface area contributed by atoms with Gasteiger partial charge in [0.05, 0.1) is 12.1 Å². The summed E-state index contributed by atoms with van der Waals surface area (Å²) in [7, 11) is 0. The number of nitrogens with two attached hydrogens (primary N) is 1. The standard InChI is InChI=1S/C15H16N4O2S/c1-8(20)14(9(2)21)12-6-10(13-4-3-5-22-13)11(7-16)15(17)19(12)18/h3-6,11-12,14,17H,18H2,1-2H3. The molecular formula is C15H16N4O2S. The zero-order valence-corrected chi connectivity index (χ0v) is 13.1. The van der Waals surface area contributed by atoms with E-state index < -0.39 is 17.9 Å². The van der Waals surface area contributed by atoms with E-state index in [9.17, 15) is 14.9 Å². The molecule has 0 amide bonds. The van der Waals surface area contributed by atoms with Crippen LogP contribution in [0.3, 0.4) is 0 Å². The summed E-state index contributed by atoms with van der Waals surface area (Å²) in [4.78, 5) is 24.5. The lowest BCUT2D eigenvalue weighted by Crippen LogP contribution is -2.55. The van der Waals surface area contributed by atoms with Crippen LogP contribution in [0.1, 0.15) is 18.7 Å². The molecule has 2 rings (SSSR count). The Hall–Kier alpha value is -2.30. The zero-order valence-electron chi connectivity index (χ0n) is 12.2. The van der Waals surface area contributed by atoms with E-state index in [1.165, 1.54) is 25.2 Å². The van der Waals surface area contributed by atoms with Gasteiger partial charge in [-0.05, 0) is 30.9 Å².